The van der Waals surface area contributed by atoms with E-state index in [0.717, 1.165) is 18.5 Å². The van der Waals surface area contributed by atoms with Crippen LogP contribution in [0.5, 0.6) is 0 Å². The lowest BCUT2D eigenvalue weighted by Gasteiger charge is -1.96. The summed E-state index contributed by atoms with van der Waals surface area (Å²) in [7, 11) is 0. The Morgan fingerprint density at radius 2 is 2.31 bits per heavy atom. The van der Waals surface area contributed by atoms with Crippen molar-refractivity contribution in [2.24, 2.45) is 5.10 Å². The summed E-state index contributed by atoms with van der Waals surface area (Å²) in [5, 5.41) is 11.8. The molecule has 1 aromatic heterocycles. The Morgan fingerprint density at radius 1 is 1.46 bits per heavy atom. The predicted molar refractivity (Wildman–Crippen MR) is 53.8 cm³/mol. The number of rotatable bonds is 4. The van der Waals surface area contributed by atoms with Gasteiger partial charge in [-0.15, -0.1) is 5.10 Å². The molecule has 1 rings (SSSR count). The van der Waals surface area contributed by atoms with Gasteiger partial charge in [-0.1, -0.05) is 13.3 Å². The summed E-state index contributed by atoms with van der Waals surface area (Å²) >= 11 is 0. The summed E-state index contributed by atoms with van der Waals surface area (Å²) < 4.78 is 0. The molecule has 0 radical (unpaired) electrons. The fraction of sp³-hybridized carbons (Fsp3) is 0.444. The van der Waals surface area contributed by atoms with Crippen LogP contribution < -0.4 is 5.43 Å². The van der Waals surface area contributed by atoms with Crippen molar-refractivity contribution >= 4 is 12.0 Å². The quantitative estimate of drug-likeness (QED) is 0.566. The van der Waals surface area contributed by atoms with E-state index in [2.05, 4.69) is 27.6 Å². The Morgan fingerprint density at radius 3 is 2.92 bits per heavy atom. The highest BCUT2D eigenvalue weighted by Crippen LogP contribution is 1.99. The zero-order chi connectivity index (χ0) is 9.52. The second-order valence-corrected chi connectivity index (χ2v) is 2.77. The number of nitrogens with zero attached hydrogens (tertiary/aromatic N) is 3. The zero-order valence-electron chi connectivity index (χ0n) is 7.99. The summed E-state index contributed by atoms with van der Waals surface area (Å²) in [4.78, 5) is 0. The Kier molecular flexibility index (Phi) is 3.88. The minimum atomic E-state index is 0.679. The minimum absolute atomic E-state index is 0.679. The van der Waals surface area contributed by atoms with E-state index < -0.39 is 0 Å². The second kappa shape index (κ2) is 5.24. The highest BCUT2D eigenvalue weighted by atomic mass is 15.3. The second-order valence-electron chi connectivity index (χ2n) is 2.77. The predicted octanol–water partition coefficient (Wildman–Crippen LogP) is 1.98. The van der Waals surface area contributed by atoms with Gasteiger partial charge in [0.2, 0.25) is 0 Å². The first-order chi connectivity index (χ1) is 6.33. The molecule has 0 fully saturated rings. The fourth-order valence-corrected chi connectivity index (χ4v) is 0.764. The van der Waals surface area contributed by atoms with Crippen LogP contribution in [0.25, 0.3) is 0 Å². The van der Waals surface area contributed by atoms with Gasteiger partial charge in [0, 0.05) is 6.21 Å². The van der Waals surface area contributed by atoms with Crippen molar-refractivity contribution in [2.45, 2.75) is 26.7 Å². The third-order valence-corrected chi connectivity index (χ3v) is 1.49. The Hall–Kier alpha value is -1.45. The molecule has 0 unspecified atom stereocenters. The van der Waals surface area contributed by atoms with Crippen molar-refractivity contribution in [1.29, 1.82) is 0 Å². The molecular weight excluding hydrogens is 164 g/mol. The Labute approximate surface area is 78.1 Å². The molecule has 0 aliphatic carbocycles. The first-order valence-electron chi connectivity index (χ1n) is 4.41. The van der Waals surface area contributed by atoms with Gasteiger partial charge in [-0.25, -0.2) is 0 Å². The number of nitrogens with one attached hydrogen (secondary N) is 1. The van der Waals surface area contributed by atoms with E-state index in [0.29, 0.717) is 5.82 Å². The summed E-state index contributed by atoms with van der Waals surface area (Å²) in [5.74, 6) is 0.679. The molecule has 4 heteroatoms. The maximum absolute atomic E-state index is 3.98. The van der Waals surface area contributed by atoms with Crippen LogP contribution in [-0.4, -0.2) is 16.4 Å². The summed E-state index contributed by atoms with van der Waals surface area (Å²) in [6.45, 7) is 4.01. The highest BCUT2D eigenvalue weighted by molar-refractivity contribution is 5.58. The van der Waals surface area contributed by atoms with Crippen molar-refractivity contribution in [3.8, 4) is 0 Å². The number of hydrogen-bond acceptors (Lipinski definition) is 4. The van der Waals surface area contributed by atoms with Gasteiger partial charge in [-0.05, 0) is 25.5 Å². The van der Waals surface area contributed by atoms with Gasteiger partial charge >= 0.3 is 0 Å². The number of hydrazone groups is 1. The van der Waals surface area contributed by atoms with Crippen molar-refractivity contribution in [1.82, 2.24) is 10.2 Å². The van der Waals surface area contributed by atoms with Crippen LogP contribution in [0.1, 0.15) is 25.5 Å². The molecule has 0 atom stereocenters. The van der Waals surface area contributed by atoms with Gasteiger partial charge in [-0.2, -0.15) is 10.2 Å². The Balaban J connectivity index is 2.41. The standard InChI is InChI=1S/C9H14N4/c1-3-4-7-10-12-9-6-5-8(2)11-13-9/h5-7H,3-4H2,1-2H3,(H,12,13)/b10-7+. The van der Waals surface area contributed by atoms with E-state index >= 15 is 0 Å². The van der Waals surface area contributed by atoms with E-state index in [1.165, 1.54) is 0 Å². The molecular formula is C9H14N4. The van der Waals surface area contributed by atoms with Crippen LogP contribution in [0.3, 0.4) is 0 Å². The molecule has 1 N–H and O–H groups in total. The van der Waals surface area contributed by atoms with Crippen molar-refractivity contribution in [2.75, 3.05) is 5.43 Å². The van der Waals surface area contributed by atoms with Gasteiger partial charge in [0.25, 0.3) is 0 Å². The van der Waals surface area contributed by atoms with E-state index in [1.807, 2.05) is 25.3 Å². The van der Waals surface area contributed by atoms with Gasteiger partial charge in [0.15, 0.2) is 5.82 Å². The van der Waals surface area contributed by atoms with Crippen LogP contribution in [0.4, 0.5) is 5.82 Å². The zero-order valence-corrected chi connectivity index (χ0v) is 7.99. The summed E-state index contributed by atoms with van der Waals surface area (Å²) in [5.41, 5.74) is 3.71. The molecule has 1 aromatic rings. The number of hydrogen-bond donors (Lipinski definition) is 1. The highest BCUT2D eigenvalue weighted by Gasteiger charge is 1.89. The molecule has 0 saturated heterocycles. The molecule has 0 spiro atoms. The summed E-state index contributed by atoms with van der Waals surface area (Å²) in [6, 6.07) is 3.75. The van der Waals surface area contributed by atoms with Gasteiger partial charge in [-0.3, -0.25) is 5.43 Å². The van der Waals surface area contributed by atoms with Crippen LogP contribution in [0.2, 0.25) is 0 Å². The monoisotopic (exact) mass is 178 g/mol. The largest absolute Gasteiger partial charge is 0.260 e. The van der Waals surface area contributed by atoms with Crippen LogP contribution in [0, 0.1) is 6.92 Å². The SMILES string of the molecule is CCC/C=N/Nc1ccc(C)nn1. The first-order valence-corrected chi connectivity index (χ1v) is 4.41. The average molecular weight is 178 g/mol. The van der Waals surface area contributed by atoms with E-state index in [4.69, 9.17) is 0 Å². The molecule has 13 heavy (non-hydrogen) atoms. The molecule has 0 aromatic carbocycles. The van der Waals surface area contributed by atoms with Crippen molar-refractivity contribution in [3.63, 3.8) is 0 Å². The van der Waals surface area contributed by atoms with Gasteiger partial charge < -0.3 is 0 Å². The Bertz CT molecular complexity index is 265. The first kappa shape index (κ1) is 9.64. The molecule has 0 aliphatic heterocycles. The third-order valence-electron chi connectivity index (χ3n) is 1.49. The summed E-state index contributed by atoms with van der Waals surface area (Å²) in [6.07, 6.45) is 3.92. The number of aromatic nitrogens is 2. The lowest BCUT2D eigenvalue weighted by atomic mass is 10.4. The minimum Gasteiger partial charge on any atom is -0.260 e. The lowest BCUT2D eigenvalue weighted by Crippen LogP contribution is -1.95. The third kappa shape index (κ3) is 3.64. The molecule has 70 valence electrons. The maximum atomic E-state index is 3.98. The maximum Gasteiger partial charge on any atom is 0.168 e. The van der Waals surface area contributed by atoms with Gasteiger partial charge in [0.05, 0.1) is 5.69 Å². The number of aryl methyl sites for hydroxylation is 1. The molecule has 0 amide bonds. The number of unbranched alkanes of at least 4 members (excludes halogenated alkanes) is 1. The molecule has 4 nitrogen and oxygen atoms in total. The van der Waals surface area contributed by atoms with Crippen molar-refractivity contribution in [3.05, 3.63) is 17.8 Å². The van der Waals surface area contributed by atoms with Crippen LogP contribution >= 0.6 is 0 Å². The van der Waals surface area contributed by atoms with Crippen molar-refractivity contribution < 1.29 is 0 Å². The lowest BCUT2D eigenvalue weighted by molar-refractivity contribution is 0.970. The fourth-order valence-electron chi connectivity index (χ4n) is 0.764. The smallest absolute Gasteiger partial charge is 0.168 e. The normalized spacial score (nSPS) is 10.6. The molecule has 1 heterocycles. The molecule has 0 saturated carbocycles. The van der Waals surface area contributed by atoms with E-state index in [-0.39, 0.29) is 0 Å². The topological polar surface area (TPSA) is 50.2 Å². The van der Waals surface area contributed by atoms with Crippen LogP contribution in [-0.2, 0) is 0 Å². The molecule has 0 bridgehead atoms. The average Bonchev–Trinajstić information content (AvgIpc) is 2.15. The molecule has 0 aliphatic rings. The van der Waals surface area contributed by atoms with E-state index in [1.54, 1.807) is 0 Å². The van der Waals surface area contributed by atoms with Gasteiger partial charge in [0.1, 0.15) is 0 Å². The van der Waals surface area contributed by atoms with E-state index in [9.17, 15) is 0 Å². The number of anilines is 1. The van der Waals surface area contributed by atoms with Crippen LogP contribution in [0.15, 0.2) is 17.2 Å².